The van der Waals surface area contributed by atoms with E-state index < -0.39 is 5.60 Å². The number of alkyl carbamates (subject to hydrolysis) is 1. The number of ether oxygens (including phenoxy) is 2. The lowest BCUT2D eigenvalue weighted by atomic mass is 9.97. The lowest BCUT2D eigenvalue weighted by Crippen LogP contribution is -2.40. The Labute approximate surface area is 147 Å². The minimum absolute atomic E-state index is 0.270. The standard InChI is InChI=1S/C16H25ClN4O3/c1-16(2,3)24-15(22)18-10-11-5-7-21(8-6-11)13-9-12(17)19-14(20-13)23-4/h9,11H,5-8,10H2,1-4H3,(H,18,22). The Morgan fingerprint density at radius 3 is 2.62 bits per heavy atom. The number of hydrogen-bond donors (Lipinski definition) is 1. The third kappa shape index (κ3) is 5.70. The van der Waals surface area contributed by atoms with Gasteiger partial charge in [0.15, 0.2) is 0 Å². The van der Waals surface area contributed by atoms with Gasteiger partial charge in [-0.1, -0.05) is 11.6 Å². The second-order valence-corrected chi connectivity index (χ2v) is 7.24. The molecule has 1 saturated heterocycles. The van der Waals surface area contributed by atoms with Gasteiger partial charge in [-0.25, -0.2) is 4.79 Å². The van der Waals surface area contributed by atoms with Gasteiger partial charge < -0.3 is 19.7 Å². The van der Waals surface area contributed by atoms with Crippen LogP contribution in [-0.2, 0) is 4.74 Å². The van der Waals surface area contributed by atoms with Crippen LogP contribution in [0.4, 0.5) is 10.6 Å². The zero-order valence-corrected chi connectivity index (χ0v) is 15.4. The van der Waals surface area contributed by atoms with Gasteiger partial charge in [0.1, 0.15) is 16.6 Å². The monoisotopic (exact) mass is 356 g/mol. The van der Waals surface area contributed by atoms with Gasteiger partial charge in [-0.2, -0.15) is 9.97 Å². The predicted molar refractivity (Wildman–Crippen MR) is 92.8 cm³/mol. The van der Waals surface area contributed by atoms with Crippen molar-refractivity contribution in [1.82, 2.24) is 15.3 Å². The van der Waals surface area contributed by atoms with E-state index in [1.807, 2.05) is 20.8 Å². The van der Waals surface area contributed by atoms with Crippen molar-refractivity contribution in [2.45, 2.75) is 39.2 Å². The molecule has 0 aliphatic carbocycles. The highest BCUT2D eigenvalue weighted by molar-refractivity contribution is 6.29. The van der Waals surface area contributed by atoms with Gasteiger partial charge in [0, 0.05) is 25.7 Å². The fourth-order valence-electron chi connectivity index (χ4n) is 2.55. The molecular weight excluding hydrogens is 332 g/mol. The summed E-state index contributed by atoms with van der Waals surface area (Å²) in [4.78, 5) is 22.2. The van der Waals surface area contributed by atoms with E-state index in [4.69, 9.17) is 21.1 Å². The van der Waals surface area contributed by atoms with Crippen molar-refractivity contribution in [2.75, 3.05) is 31.6 Å². The molecule has 0 radical (unpaired) electrons. The molecule has 1 aliphatic heterocycles. The normalized spacial score (nSPS) is 16.0. The molecule has 1 amide bonds. The van der Waals surface area contributed by atoms with Crippen LogP contribution in [0, 0.1) is 5.92 Å². The van der Waals surface area contributed by atoms with Crippen molar-refractivity contribution in [3.05, 3.63) is 11.2 Å². The number of hydrogen-bond acceptors (Lipinski definition) is 6. The first-order chi connectivity index (χ1) is 11.3. The lowest BCUT2D eigenvalue weighted by molar-refractivity contribution is 0.0517. The highest BCUT2D eigenvalue weighted by atomic mass is 35.5. The summed E-state index contributed by atoms with van der Waals surface area (Å²) in [5, 5.41) is 3.21. The Morgan fingerprint density at radius 1 is 1.38 bits per heavy atom. The average molecular weight is 357 g/mol. The average Bonchev–Trinajstić information content (AvgIpc) is 2.51. The number of anilines is 1. The zero-order chi connectivity index (χ0) is 17.7. The molecule has 1 aliphatic rings. The number of nitrogens with zero attached hydrogens (tertiary/aromatic N) is 3. The molecule has 1 fully saturated rings. The van der Waals surface area contributed by atoms with Crippen molar-refractivity contribution < 1.29 is 14.3 Å². The van der Waals surface area contributed by atoms with Crippen LogP contribution in [0.1, 0.15) is 33.6 Å². The molecule has 1 N–H and O–H groups in total. The van der Waals surface area contributed by atoms with Crippen LogP contribution in [0.25, 0.3) is 0 Å². The number of amides is 1. The van der Waals surface area contributed by atoms with Crippen LogP contribution in [-0.4, -0.2) is 48.4 Å². The molecule has 0 unspecified atom stereocenters. The number of methoxy groups -OCH3 is 1. The van der Waals surface area contributed by atoms with Gasteiger partial charge in [0.05, 0.1) is 7.11 Å². The molecule has 1 aromatic heterocycles. The molecule has 7 nitrogen and oxygen atoms in total. The molecule has 2 rings (SSSR count). The largest absolute Gasteiger partial charge is 0.467 e. The van der Waals surface area contributed by atoms with Crippen LogP contribution in [0.2, 0.25) is 5.15 Å². The number of carbonyl (C=O) groups excluding carboxylic acids is 1. The molecule has 0 atom stereocenters. The third-order valence-electron chi connectivity index (χ3n) is 3.72. The van der Waals surface area contributed by atoms with Gasteiger partial charge >= 0.3 is 12.1 Å². The fraction of sp³-hybridized carbons (Fsp3) is 0.688. The molecule has 134 valence electrons. The first-order valence-corrected chi connectivity index (χ1v) is 8.45. The number of aromatic nitrogens is 2. The van der Waals surface area contributed by atoms with Crippen molar-refractivity contribution >= 4 is 23.5 Å². The summed E-state index contributed by atoms with van der Waals surface area (Å²) in [6, 6.07) is 2.01. The third-order valence-corrected chi connectivity index (χ3v) is 3.91. The lowest BCUT2D eigenvalue weighted by Gasteiger charge is -2.33. The summed E-state index contributed by atoms with van der Waals surface area (Å²) >= 11 is 5.99. The summed E-state index contributed by atoms with van der Waals surface area (Å²) in [7, 11) is 1.52. The Bertz CT molecular complexity index is 569. The van der Waals surface area contributed by atoms with Gasteiger partial charge in [-0.05, 0) is 39.5 Å². The quantitative estimate of drug-likeness (QED) is 0.836. The second kappa shape index (κ2) is 7.88. The predicted octanol–water partition coefficient (Wildman–Crippen LogP) is 2.88. The fourth-order valence-corrected chi connectivity index (χ4v) is 2.72. The van der Waals surface area contributed by atoms with Crippen LogP contribution >= 0.6 is 11.6 Å². The summed E-state index contributed by atoms with van der Waals surface area (Å²) in [6.45, 7) is 7.87. The Balaban J connectivity index is 1.81. The van der Waals surface area contributed by atoms with Crippen molar-refractivity contribution in [3.8, 4) is 6.01 Å². The minimum Gasteiger partial charge on any atom is -0.467 e. The summed E-state index contributed by atoms with van der Waals surface area (Å²) in [5.74, 6) is 1.19. The van der Waals surface area contributed by atoms with Gasteiger partial charge in [0.2, 0.25) is 0 Å². The van der Waals surface area contributed by atoms with E-state index in [9.17, 15) is 4.79 Å². The molecule has 2 heterocycles. The molecule has 0 bridgehead atoms. The van der Waals surface area contributed by atoms with E-state index in [0.29, 0.717) is 17.6 Å². The first kappa shape index (κ1) is 18.6. The van der Waals surface area contributed by atoms with Crippen LogP contribution < -0.4 is 15.0 Å². The van der Waals surface area contributed by atoms with Gasteiger partial charge in [0.25, 0.3) is 0 Å². The highest BCUT2D eigenvalue weighted by Crippen LogP contribution is 2.24. The number of halogens is 1. The van der Waals surface area contributed by atoms with E-state index in [1.165, 1.54) is 7.11 Å². The van der Waals surface area contributed by atoms with E-state index in [-0.39, 0.29) is 12.1 Å². The SMILES string of the molecule is COc1nc(Cl)cc(N2CCC(CNC(=O)OC(C)(C)C)CC2)n1. The maximum absolute atomic E-state index is 11.7. The van der Waals surface area contributed by atoms with Gasteiger partial charge in [-0.15, -0.1) is 0 Å². The Hall–Kier alpha value is -1.76. The van der Waals surface area contributed by atoms with Crippen molar-refractivity contribution in [1.29, 1.82) is 0 Å². The minimum atomic E-state index is -0.473. The molecule has 8 heteroatoms. The number of piperidine rings is 1. The van der Waals surface area contributed by atoms with E-state index in [0.717, 1.165) is 31.7 Å². The van der Waals surface area contributed by atoms with Crippen molar-refractivity contribution in [3.63, 3.8) is 0 Å². The smallest absolute Gasteiger partial charge is 0.407 e. The zero-order valence-electron chi connectivity index (χ0n) is 14.6. The van der Waals surface area contributed by atoms with Crippen molar-refractivity contribution in [2.24, 2.45) is 5.92 Å². The summed E-state index contributed by atoms with van der Waals surface area (Å²) < 4.78 is 10.3. The summed E-state index contributed by atoms with van der Waals surface area (Å²) in [5.41, 5.74) is -0.473. The molecular formula is C16H25ClN4O3. The van der Waals surface area contributed by atoms with Crippen LogP contribution in [0.5, 0.6) is 6.01 Å². The topological polar surface area (TPSA) is 76.6 Å². The maximum Gasteiger partial charge on any atom is 0.407 e. The van der Waals surface area contributed by atoms with Crippen LogP contribution in [0.3, 0.4) is 0 Å². The Morgan fingerprint density at radius 2 is 2.04 bits per heavy atom. The van der Waals surface area contributed by atoms with Crippen LogP contribution in [0.15, 0.2) is 6.07 Å². The highest BCUT2D eigenvalue weighted by Gasteiger charge is 2.23. The molecule has 0 aromatic carbocycles. The molecule has 1 aromatic rings. The van der Waals surface area contributed by atoms with E-state index >= 15 is 0 Å². The Kier molecular flexibility index (Phi) is 6.10. The summed E-state index contributed by atoms with van der Waals surface area (Å²) in [6.07, 6.45) is 1.55. The maximum atomic E-state index is 11.7. The molecule has 0 spiro atoms. The number of carbonyl (C=O) groups is 1. The molecule has 24 heavy (non-hydrogen) atoms. The molecule has 0 saturated carbocycles. The number of rotatable bonds is 4. The number of nitrogens with one attached hydrogen (secondary N) is 1. The first-order valence-electron chi connectivity index (χ1n) is 8.07. The van der Waals surface area contributed by atoms with Gasteiger partial charge in [-0.3, -0.25) is 0 Å². The van der Waals surface area contributed by atoms with E-state index in [2.05, 4.69) is 20.2 Å². The second-order valence-electron chi connectivity index (χ2n) is 6.85. The van der Waals surface area contributed by atoms with E-state index in [1.54, 1.807) is 6.07 Å².